The number of allylic oxidation sites excluding steroid dienone is 3. The molecule has 4 rings (SSSR count). The zero-order valence-electron chi connectivity index (χ0n) is 17.6. The normalized spacial score (nSPS) is 19.6. The summed E-state index contributed by atoms with van der Waals surface area (Å²) in [5, 5.41) is 5.30. The van der Waals surface area contributed by atoms with Crippen LogP contribution < -0.4 is 15.0 Å². The molecule has 0 saturated heterocycles. The van der Waals surface area contributed by atoms with Crippen LogP contribution in [0.5, 0.6) is 5.75 Å². The molecule has 7 heteroatoms. The number of carbonyl (C=O) groups is 2. The van der Waals surface area contributed by atoms with Crippen molar-refractivity contribution in [1.29, 1.82) is 0 Å². The molecule has 0 fully saturated rings. The summed E-state index contributed by atoms with van der Waals surface area (Å²) in [5.41, 5.74) is 2.64. The average molecular weight is 436 g/mol. The summed E-state index contributed by atoms with van der Waals surface area (Å²) in [7, 11) is 0. The molecular formula is C24H25N3O3S. The van der Waals surface area contributed by atoms with Crippen molar-refractivity contribution in [3.05, 3.63) is 70.9 Å². The number of nitrogens with zero attached hydrogens (tertiary/aromatic N) is 2. The van der Waals surface area contributed by atoms with E-state index in [9.17, 15) is 9.59 Å². The molecule has 1 aromatic heterocycles. The molecule has 6 nitrogen and oxygen atoms in total. The van der Waals surface area contributed by atoms with E-state index in [2.05, 4.69) is 29.4 Å². The lowest BCUT2D eigenvalue weighted by molar-refractivity contribution is -0.117. The Balaban J connectivity index is 1.34. The predicted octanol–water partition coefficient (Wildman–Crippen LogP) is 4.11. The van der Waals surface area contributed by atoms with Crippen LogP contribution in [0.4, 0.5) is 5.13 Å². The predicted molar refractivity (Wildman–Crippen MR) is 123 cm³/mol. The van der Waals surface area contributed by atoms with E-state index in [1.807, 2.05) is 35.7 Å². The molecule has 2 unspecified atom stereocenters. The van der Waals surface area contributed by atoms with Crippen molar-refractivity contribution in [2.24, 2.45) is 5.92 Å². The van der Waals surface area contributed by atoms with E-state index >= 15 is 0 Å². The number of hydrogen-bond donors (Lipinski definition) is 1. The molecule has 0 spiro atoms. The van der Waals surface area contributed by atoms with Gasteiger partial charge in [0, 0.05) is 30.5 Å². The summed E-state index contributed by atoms with van der Waals surface area (Å²) in [6.07, 6.45) is 10.9. The monoisotopic (exact) mass is 435 g/mol. The maximum absolute atomic E-state index is 12.2. The largest absolute Gasteiger partial charge is 0.488 e. The highest BCUT2D eigenvalue weighted by atomic mass is 32.1. The second-order valence-electron chi connectivity index (χ2n) is 7.75. The number of fused-ring (bicyclic) bond motifs is 1. The van der Waals surface area contributed by atoms with Gasteiger partial charge in [-0.2, -0.15) is 0 Å². The molecule has 160 valence electrons. The minimum absolute atomic E-state index is 0.0519. The highest BCUT2D eigenvalue weighted by molar-refractivity contribution is 7.14. The van der Waals surface area contributed by atoms with Crippen LogP contribution in [0.15, 0.2) is 59.6 Å². The van der Waals surface area contributed by atoms with Gasteiger partial charge in [0.2, 0.25) is 11.8 Å². The molecule has 31 heavy (non-hydrogen) atoms. The van der Waals surface area contributed by atoms with E-state index in [4.69, 9.17) is 4.74 Å². The number of benzene rings is 1. The first-order chi connectivity index (χ1) is 15.0. The van der Waals surface area contributed by atoms with Gasteiger partial charge < -0.3 is 10.1 Å². The standard InChI is InChI=1S/C24H25N3O3S/c1-16-6-5-8-20(12-16)27(17(2)28)24-26-19(15-31-24)10-11-23(29)25-14-21-13-18-7-3-4-9-22(18)30-21/h3-5,7-12,15-16,21H,6,13-14H2,1-2H3,(H,25,29). The topological polar surface area (TPSA) is 71.5 Å². The van der Waals surface area contributed by atoms with Gasteiger partial charge in [0.25, 0.3) is 0 Å². The Kier molecular flexibility index (Phi) is 6.32. The lowest BCUT2D eigenvalue weighted by Gasteiger charge is -2.22. The molecule has 0 bridgehead atoms. The molecule has 0 radical (unpaired) electrons. The van der Waals surface area contributed by atoms with E-state index < -0.39 is 0 Å². The van der Waals surface area contributed by atoms with Crippen molar-refractivity contribution in [3.63, 3.8) is 0 Å². The van der Waals surface area contributed by atoms with Gasteiger partial charge in [0.15, 0.2) is 5.13 Å². The van der Waals surface area contributed by atoms with Gasteiger partial charge in [0.1, 0.15) is 11.9 Å². The Morgan fingerprint density at radius 1 is 1.35 bits per heavy atom. The fourth-order valence-corrected chi connectivity index (χ4v) is 4.51. The van der Waals surface area contributed by atoms with Crippen molar-refractivity contribution in [1.82, 2.24) is 10.3 Å². The van der Waals surface area contributed by atoms with Crippen LogP contribution in [-0.2, 0) is 16.0 Å². The number of anilines is 1. The van der Waals surface area contributed by atoms with Crippen LogP contribution in [0.3, 0.4) is 0 Å². The number of carbonyl (C=O) groups excluding carboxylic acids is 2. The van der Waals surface area contributed by atoms with Crippen molar-refractivity contribution in [2.75, 3.05) is 11.4 Å². The van der Waals surface area contributed by atoms with Crippen LogP contribution in [-0.4, -0.2) is 29.4 Å². The molecule has 2 aliphatic rings. The second-order valence-corrected chi connectivity index (χ2v) is 8.58. The van der Waals surface area contributed by atoms with Gasteiger partial charge >= 0.3 is 0 Å². The second kappa shape index (κ2) is 9.31. The summed E-state index contributed by atoms with van der Waals surface area (Å²) in [5.74, 6) is 0.968. The lowest BCUT2D eigenvalue weighted by Crippen LogP contribution is -2.33. The van der Waals surface area contributed by atoms with Gasteiger partial charge in [-0.05, 0) is 36.1 Å². The molecule has 1 N–H and O–H groups in total. The fraction of sp³-hybridized carbons (Fsp3) is 0.292. The van der Waals surface area contributed by atoms with E-state index in [-0.39, 0.29) is 17.9 Å². The van der Waals surface area contributed by atoms with E-state index in [0.717, 1.165) is 24.3 Å². The van der Waals surface area contributed by atoms with Crippen molar-refractivity contribution >= 4 is 34.4 Å². The zero-order valence-corrected chi connectivity index (χ0v) is 18.4. The average Bonchev–Trinajstić information content (AvgIpc) is 3.37. The molecule has 2 atom stereocenters. The smallest absolute Gasteiger partial charge is 0.244 e. The molecule has 0 saturated carbocycles. The minimum Gasteiger partial charge on any atom is -0.488 e. The van der Waals surface area contributed by atoms with Crippen molar-refractivity contribution in [2.45, 2.75) is 32.8 Å². The first-order valence-corrected chi connectivity index (χ1v) is 11.2. The van der Waals surface area contributed by atoms with Crippen molar-refractivity contribution in [3.8, 4) is 5.75 Å². The van der Waals surface area contributed by atoms with Crippen LogP contribution in [0.2, 0.25) is 0 Å². The Hall–Kier alpha value is -3.19. The summed E-state index contributed by atoms with van der Waals surface area (Å²) < 4.78 is 5.84. The maximum Gasteiger partial charge on any atom is 0.244 e. The first-order valence-electron chi connectivity index (χ1n) is 10.3. The lowest BCUT2D eigenvalue weighted by atomic mass is 10.0. The van der Waals surface area contributed by atoms with E-state index in [0.29, 0.717) is 23.3 Å². The molecule has 1 aromatic carbocycles. The van der Waals surface area contributed by atoms with Crippen LogP contribution >= 0.6 is 11.3 Å². The number of nitrogens with one attached hydrogen (secondary N) is 1. The minimum atomic E-state index is -0.204. The molecule has 2 heterocycles. The van der Waals surface area contributed by atoms with Crippen LogP contribution in [0.1, 0.15) is 31.5 Å². The number of hydrogen-bond acceptors (Lipinski definition) is 5. The number of para-hydroxylation sites is 1. The summed E-state index contributed by atoms with van der Waals surface area (Å²) >= 11 is 1.38. The number of aromatic nitrogens is 1. The van der Waals surface area contributed by atoms with Gasteiger partial charge in [-0.1, -0.05) is 37.3 Å². The number of rotatable bonds is 6. The fourth-order valence-electron chi connectivity index (χ4n) is 3.65. The molecule has 2 aromatic rings. The Labute approximate surface area is 185 Å². The van der Waals surface area contributed by atoms with E-state index in [1.165, 1.54) is 29.9 Å². The van der Waals surface area contributed by atoms with Crippen LogP contribution in [0.25, 0.3) is 6.08 Å². The highest BCUT2D eigenvalue weighted by Crippen LogP contribution is 2.29. The SMILES string of the molecule is CC(=O)N(C1=CC(C)CC=C1)c1nc(C=CC(=O)NCC2Cc3ccccc3O2)cs1. The molecule has 1 aliphatic carbocycles. The number of ether oxygens (including phenoxy) is 1. The summed E-state index contributed by atoms with van der Waals surface area (Å²) in [6, 6.07) is 7.92. The molecule has 1 aliphatic heterocycles. The summed E-state index contributed by atoms with van der Waals surface area (Å²) in [4.78, 5) is 30.6. The van der Waals surface area contributed by atoms with Gasteiger partial charge in [-0.25, -0.2) is 4.98 Å². The third-order valence-corrected chi connectivity index (χ3v) is 5.99. The Morgan fingerprint density at radius 2 is 2.19 bits per heavy atom. The number of thiazole rings is 1. The zero-order chi connectivity index (χ0) is 21.8. The van der Waals surface area contributed by atoms with Crippen LogP contribution in [0, 0.1) is 5.92 Å². The maximum atomic E-state index is 12.2. The molecular weight excluding hydrogens is 410 g/mol. The van der Waals surface area contributed by atoms with E-state index in [1.54, 1.807) is 11.0 Å². The van der Waals surface area contributed by atoms with Crippen molar-refractivity contribution < 1.29 is 14.3 Å². The third kappa shape index (κ3) is 5.11. The quantitative estimate of drug-likeness (QED) is 0.693. The third-order valence-electron chi connectivity index (χ3n) is 5.15. The molecule has 2 amide bonds. The summed E-state index contributed by atoms with van der Waals surface area (Å²) in [6.45, 7) is 4.09. The highest BCUT2D eigenvalue weighted by Gasteiger charge is 2.23. The Morgan fingerprint density at radius 3 is 2.97 bits per heavy atom. The van der Waals surface area contributed by atoms with Gasteiger partial charge in [0.05, 0.1) is 12.2 Å². The van der Waals surface area contributed by atoms with Gasteiger partial charge in [-0.3, -0.25) is 14.5 Å². The van der Waals surface area contributed by atoms with Gasteiger partial charge in [-0.15, -0.1) is 11.3 Å². The number of amides is 2. The Bertz CT molecular complexity index is 1040. The first kappa shape index (κ1) is 21.1.